The van der Waals surface area contributed by atoms with Gasteiger partial charge in [-0.25, -0.2) is 4.79 Å². The first-order valence-corrected chi connectivity index (χ1v) is 27.2. The lowest BCUT2D eigenvalue weighted by atomic mass is 10.0. The molecule has 0 bridgehead atoms. The van der Waals surface area contributed by atoms with Crippen molar-refractivity contribution in [2.45, 2.75) is 93.4 Å². The quantitative estimate of drug-likeness (QED) is 0.0311. The summed E-state index contributed by atoms with van der Waals surface area (Å²) >= 11 is 2.68. The number of carbonyl (C=O) groups is 11. The number of hydrogen-bond donors (Lipinski definition) is 14. The van der Waals surface area contributed by atoms with Crippen LogP contribution < -0.4 is 48.7 Å². The van der Waals surface area contributed by atoms with E-state index >= 15 is 0 Å². The highest BCUT2D eigenvalue weighted by molar-refractivity contribution is 7.98. The molecule has 7 atom stereocenters. The maximum atomic E-state index is 14.3. The van der Waals surface area contributed by atoms with Crippen LogP contribution in [0.1, 0.15) is 42.4 Å². The molecule has 0 fully saturated rings. The van der Waals surface area contributed by atoms with Crippen LogP contribution in [0.3, 0.4) is 0 Å². The summed E-state index contributed by atoms with van der Waals surface area (Å²) in [6.45, 7) is -0.710. The number of carboxylic acids is 3. The number of thioether (sulfide) groups is 2. The molecule has 0 saturated heterocycles. The van der Waals surface area contributed by atoms with Crippen molar-refractivity contribution in [3.63, 3.8) is 0 Å². The second-order valence-corrected chi connectivity index (χ2v) is 19.8. The molecule has 25 nitrogen and oxygen atoms in total. The number of amides is 8. The number of nitrogens with one attached hydrogen (secondary N) is 8. The number of fused-ring (bicyclic) bond motifs is 1. The number of carbonyl (C=O) groups excluding carboxylic acids is 8. The van der Waals surface area contributed by atoms with Crippen molar-refractivity contribution < 1.29 is 86.3 Å². The van der Waals surface area contributed by atoms with Crippen LogP contribution in [0.25, 0.3) is 10.9 Å². The fraction of sp³-hybridized carbons (Fsp3) is 0.392. The number of phenolic OH excluding ortho intramolecular Hbond substituents is 1. The molecule has 0 saturated carbocycles. The van der Waals surface area contributed by atoms with E-state index in [1.165, 1.54) is 47.8 Å². The number of phenols is 1. The van der Waals surface area contributed by atoms with E-state index in [-0.39, 0.29) is 37.9 Å². The zero-order valence-electron chi connectivity index (χ0n) is 43.6. The fourth-order valence-electron chi connectivity index (χ4n) is 7.46. The third kappa shape index (κ3) is 23.9. The number of carboxylic acid groups (broad SMARTS) is 3. The van der Waals surface area contributed by atoms with Gasteiger partial charge in [-0.05, 0) is 71.7 Å². The molecule has 30 heteroatoms. The highest BCUT2D eigenvalue weighted by Crippen LogP contribution is 2.20. The number of hydrogen-bond acceptors (Lipinski definition) is 15. The van der Waals surface area contributed by atoms with E-state index in [0.717, 1.165) is 0 Å². The first kappa shape index (κ1) is 66.9. The third-order valence-corrected chi connectivity index (χ3v) is 12.9. The number of aliphatic carboxylic acids is 3. The summed E-state index contributed by atoms with van der Waals surface area (Å²) in [4.78, 5) is 144. The van der Waals surface area contributed by atoms with Crippen LogP contribution in [0.15, 0.2) is 85.1 Å². The average molecular weight is 1180 g/mol. The molecule has 3 aromatic carbocycles. The van der Waals surface area contributed by atoms with Gasteiger partial charge in [-0.3, -0.25) is 47.9 Å². The minimum Gasteiger partial charge on any atom is -0.508 e. The van der Waals surface area contributed by atoms with Crippen molar-refractivity contribution in [1.29, 1.82) is 0 Å². The molecule has 7 unspecified atom stereocenters. The highest BCUT2D eigenvalue weighted by atomic mass is 32.2. The smallest absolute Gasteiger partial charge is 0.490 e. The predicted molar refractivity (Wildman–Crippen MR) is 290 cm³/mol. The van der Waals surface area contributed by atoms with Gasteiger partial charge < -0.3 is 74.1 Å². The number of H-pyrrole nitrogens is 1. The summed E-state index contributed by atoms with van der Waals surface area (Å²) in [5.74, 6) is -12.2. The van der Waals surface area contributed by atoms with E-state index in [9.17, 15) is 71.3 Å². The molecule has 0 spiro atoms. The Morgan fingerprint density at radius 3 is 1.57 bits per heavy atom. The molecule has 1 aromatic heterocycles. The first-order chi connectivity index (χ1) is 38.2. The number of aromatic amines is 1. The Morgan fingerprint density at radius 1 is 0.568 bits per heavy atom. The first-order valence-electron chi connectivity index (χ1n) is 24.4. The van der Waals surface area contributed by atoms with Crippen molar-refractivity contribution in [2.24, 2.45) is 11.5 Å². The molecule has 4 aromatic rings. The van der Waals surface area contributed by atoms with Gasteiger partial charge in [0.1, 0.15) is 42.0 Å². The Bertz CT molecular complexity index is 2830. The van der Waals surface area contributed by atoms with Gasteiger partial charge in [0.25, 0.3) is 0 Å². The monoisotopic (exact) mass is 1180 g/mol. The zero-order valence-corrected chi connectivity index (χ0v) is 45.2. The minimum atomic E-state index is -5.08. The van der Waals surface area contributed by atoms with E-state index in [0.29, 0.717) is 39.1 Å². The topological polar surface area (TPSA) is 421 Å². The average Bonchev–Trinajstić information content (AvgIpc) is 3.83. The van der Waals surface area contributed by atoms with Crippen LogP contribution in [0.2, 0.25) is 0 Å². The maximum Gasteiger partial charge on any atom is 0.490 e. The molecule has 16 N–H and O–H groups in total. The lowest BCUT2D eigenvalue weighted by molar-refractivity contribution is -0.192. The van der Waals surface area contributed by atoms with Crippen molar-refractivity contribution in [3.8, 4) is 5.75 Å². The van der Waals surface area contributed by atoms with Gasteiger partial charge in [0.05, 0.1) is 25.4 Å². The third-order valence-electron chi connectivity index (χ3n) is 11.6. The summed E-state index contributed by atoms with van der Waals surface area (Å²) in [6.07, 6.45) is -1.84. The molecular formula is C51H63F3N10O15S2. The lowest BCUT2D eigenvalue weighted by Gasteiger charge is -2.26. The number of aromatic nitrogens is 1. The second-order valence-electron chi connectivity index (χ2n) is 17.8. The Balaban J connectivity index is 0.00000230. The second kappa shape index (κ2) is 33.3. The molecular weight excluding hydrogens is 1110 g/mol. The number of alkyl halides is 3. The van der Waals surface area contributed by atoms with Gasteiger partial charge in [-0.2, -0.15) is 36.7 Å². The number of para-hydroxylation sites is 1. The Labute approximate surface area is 469 Å². The van der Waals surface area contributed by atoms with Crippen molar-refractivity contribution in [1.82, 2.24) is 42.2 Å². The van der Waals surface area contributed by atoms with Crippen LogP contribution in [0, 0.1) is 0 Å². The summed E-state index contributed by atoms with van der Waals surface area (Å²) in [7, 11) is 0. The van der Waals surface area contributed by atoms with E-state index in [1.807, 2.05) is 0 Å². The number of benzene rings is 3. The summed E-state index contributed by atoms with van der Waals surface area (Å²) in [5, 5.41) is 54.1. The van der Waals surface area contributed by atoms with Crippen molar-refractivity contribution >= 4 is 99.6 Å². The van der Waals surface area contributed by atoms with Crippen molar-refractivity contribution in [2.75, 3.05) is 30.6 Å². The number of halogens is 3. The van der Waals surface area contributed by atoms with Crippen LogP contribution >= 0.6 is 23.5 Å². The van der Waals surface area contributed by atoms with E-state index in [2.05, 4.69) is 42.2 Å². The summed E-state index contributed by atoms with van der Waals surface area (Å²) < 4.78 is 31.7. The molecule has 0 radical (unpaired) electrons. The zero-order chi connectivity index (χ0) is 60.4. The normalized spacial score (nSPS) is 13.6. The Hall–Kier alpha value is -8.38. The van der Waals surface area contributed by atoms with Crippen molar-refractivity contribution in [3.05, 3.63) is 102 Å². The van der Waals surface area contributed by atoms with E-state index in [1.54, 1.807) is 73.3 Å². The molecule has 81 heavy (non-hydrogen) atoms. The maximum absolute atomic E-state index is 14.3. The van der Waals surface area contributed by atoms with E-state index in [4.69, 9.17) is 26.5 Å². The van der Waals surface area contributed by atoms with Crippen LogP contribution in [-0.2, 0) is 72.0 Å². The molecule has 0 aliphatic carbocycles. The molecule has 8 amide bonds. The SMILES string of the molecule is CSCCC(NC(=O)C(Cc1ccc(O)cc1)NC(=O)C(N)CC(=O)O)C(=O)NCC(=O)NC(Cc1c[nH]c2ccccc12)C(=O)NC(CCSC)C(=O)NC(CC(=O)O)C(=O)NC(Cc1ccccc1)C(N)=O.O=C(O)C(F)(F)F. The van der Waals surface area contributed by atoms with E-state index < -0.39 is 133 Å². The minimum absolute atomic E-state index is 0.0142. The summed E-state index contributed by atoms with van der Waals surface area (Å²) in [5.41, 5.74) is 13.8. The molecule has 440 valence electrons. The van der Waals surface area contributed by atoms with Crippen LogP contribution in [0.4, 0.5) is 13.2 Å². The van der Waals surface area contributed by atoms with Crippen LogP contribution in [-0.4, -0.2) is 170 Å². The van der Waals surface area contributed by atoms with Gasteiger partial charge in [-0.15, -0.1) is 0 Å². The highest BCUT2D eigenvalue weighted by Gasteiger charge is 2.38. The van der Waals surface area contributed by atoms with Gasteiger partial charge >= 0.3 is 24.1 Å². The Morgan fingerprint density at radius 2 is 1.02 bits per heavy atom. The molecule has 1 heterocycles. The molecule has 4 rings (SSSR count). The number of rotatable bonds is 31. The van der Waals surface area contributed by atoms with Gasteiger partial charge in [-0.1, -0.05) is 60.7 Å². The summed E-state index contributed by atoms with van der Waals surface area (Å²) in [6, 6.07) is 11.5. The standard InChI is InChI=1S/C49H62N10O13S2.C2HF3O2/c1-73-18-16-34(55-47(70)37(21-28-12-14-30(60)15-13-28)58-44(67)32(50)23-41(62)63)45(68)53-26-40(61)54-38(22-29-25-52-33-11-7-6-10-31(29)33)48(71)56-35(17-19-74-2)46(69)59-39(24-42(64)65)49(72)57-36(43(51)66)20-27-8-4-3-5-9-27;3-2(4,5)1(6)7/h3-15,25,32,34-39,52,60H,16-24,26,50H2,1-2H3,(H2,51,66)(H,53,68)(H,54,61)(H,55,70)(H,56,71)(H,57,72)(H,58,67)(H,59,69)(H,62,63)(H,64,65);(H,6,7). The fourth-order valence-corrected chi connectivity index (χ4v) is 8.40. The Kier molecular flexibility index (Phi) is 27.5. The largest absolute Gasteiger partial charge is 0.508 e. The molecule has 0 aliphatic rings. The number of nitrogens with two attached hydrogens (primary N) is 2. The lowest BCUT2D eigenvalue weighted by Crippen LogP contribution is -2.59. The van der Waals surface area contributed by atoms with Crippen LogP contribution in [0.5, 0.6) is 5.75 Å². The van der Waals surface area contributed by atoms with Gasteiger partial charge in [0.2, 0.25) is 47.3 Å². The van der Waals surface area contributed by atoms with Gasteiger partial charge in [0.15, 0.2) is 0 Å². The van der Waals surface area contributed by atoms with Gasteiger partial charge in [0, 0.05) is 36.4 Å². The number of primary amides is 1. The predicted octanol–water partition coefficient (Wildman–Crippen LogP) is -0.172. The number of aromatic hydroxyl groups is 1. The molecule has 0 aliphatic heterocycles.